The molecule has 0 saturated carbocycles. The van der Waals surface area contributed by atoms with Crippen molar-refractivity contribution in [2.75, 3.05) is 0 Å². The van der Waals surface area contributed by atoms with Crippen LogP contribution in [-0.4, -0.2) is 20.6 Å². The number of aromatic carboxylic acids is 1. The maximum absolute atomic E-state index is 11.9. The van der Waals surface area contributed by atoms with Crippen LogP contribution < -0.4 is 5.56 Å². The molecule has 2 heterocycles. The number of carboxylic acids is 1. The first-order chi connectivity index (χ1) is 8.88. The van der Waals surface area contributed by atoms with E-state index in [9.17, 15) is 9.59 Å². The lowest BCUT2D eigenvalue weighted by Crippen LogP contribution is -2.24. The van der Waals surface area contributed by atoms with Gasteiger partial charge < -0.3 is 5.11 Å². The Morgan fingerprint density at radius 3 is 2.58 bits per heavy atom. The zero-order chi connectivity index (χ0) is 14.2. The van der Waals surface area contributed by atoms with Gasteiger partial charge in [-0.25, -0.2) is 9.78 Å². The van der Waals surface area contributed by atoms with Gasteiger partial charge in [-0.15, -0.1) is 11.3 Å². The van der Waals surface area contributed by atoms with Gasteiger partial charge in [-0.2, -0.15) is 0 Å². The molecule has 0 fully saturated rings. The fraction of sp³-hybridized carbons (Fsp3) is 0.308. The lowest BCUT2D eigenvalue weighted by molar-refractivity contribution is 0.0702. The quantitative estimate of drug-likeness (QED) is 0.931. The van der Waals surface area contributed by atoms with Crippen LogP contribution in [0, 0.1) is 20.8 Å². The summed E-state index contributed by atoms with van der Waals surface area (Å²) >= 11 is 1.22. The zero-order valence-electron chi connectivity index (χ0n) is 10.9. The van der Waals surface area contributed by atoms with Crippen molar-refractivity contribution in [1.82, 2.24) is 9.55 Å². The predicted octanol–water partition coefficient (Wildman–Crippen LogP) is 1.98. The molecular weight excluding hydrogens is 264 g/mol. The van der Waals surface area contributed by atoms with Crippen LogP contribution in [0.4, 0.5) is 0 Å². The summed E-state index contributed by atoms with van der Waals surface area (Å²) in [6, 6.07) is 3.10. The lowest BCUT2D eigenvalue weighted by atomic mass is 10.2. The number of nitrogens with zero attached hydrogens (tertiary/aromatic N) is 2. The Labute approximate surface area is 114 Å². The molecule has 0 aliphatic heterocycles. The van der Waals surface area contributed by atoms with Crippen LogP contribution in [0.1, 0.15) is 31.6 Å². The molecule has 0 aliphatic rings. The summed E-state index contributed by atoms with van der Waals surface area (Å²) in [7, 11) is 0. The molecule has 2 aromatic rings. The Hall–Kier alpha value is -1.95. The molecule has 5 nitrogen and oxygen atoms in total. The Bertz CT molecular complexity index is 700. The van der Waals surface area contributed by atoms with Crippen LogP contribution in [0.2, 0.25) is 0 Å². The largest absolute Gasteiger partial charge is 0.477 e. The first kappa shape index (κ1) is 13.5. The maximum atomic E-state index is 11.9. The molecule has 100 valence electrons. The summed E-state index contributed by atoms with van der Waals surface area (Å²) < 4.78 is 1.55. The number of carbonyl (C=O) groups is 1. The molecule has 0 aromatic carbocycles. The predicted molar refractivity (Wildman–Crippen MR) is 73.1 cm³/mol. The van der Waals surface area contributed by atoms with Gasteiger partial charge in [-0.05, 0) is 32.4 Å². The maximum Gasteiger partial charge on any atom is 0.345 e. The van der Waals surface area contributed by atoms with E-state index >= 15 is 0 Å². The van der Waals surface area contributed by atoms with E-state index in [0.29, 0.717) is 22.9 Å². The summed E-state index contributed by atoms with van der Waals surface area (Å²) in [4.78, 5) is 28.3. The lowest BCUT2D eigenvalue weighted by Gasteiger charge is -2.09. The highest BCUT2D eigenvalue weighted by Gasteiger charge is 2.13. The topological polar surface area (TPSA) is 72.2 Å². The minimum atomic E-state index is -0.939. The molecule has 0 amide bonds. The fourth-order valence-electron chi connectivity index (χ4n) is 1.91. The number of hydrogen-bond acceptors (Lipinski definition) is 4. The van der Waals surface area contributed by atoms with Gasteiger partial charge >= 0.3 is 5.97 Å². The molecule has 0 bridgehead atoms. The third-order valence-corrected chi connectivity index (χ3v) is 3.97. The SMILES string of the molecule is Cc1cc(=O)n(Cc2cc(C(=O)O)sc2C)c(C)n1. The van der Waals surface area contributed by atoms with Gasteiger partial charge in [0.2, 0.25) is 0 Å². The Morgan fingerprint density at radius 1 is 1.37 bits per heavy atom. The number of thiophene rings is 1. The van der Waals surface area contributed by atoms with Crippen molar-refractivity contribution in [3.8, 4) is 0 Å². The Morgan fingerprint density at radius 2 is 2.05 bits per heavy atom. The van der Waals surface area contributed by atoms with Crippen molar-refractivity contribution >= 4 is 17.3 Å². The molecule has 2 rings (SSSR count). The summed E-state index contributed by atoms with van der Waals surface area (Å²) in [6.45, 7) is 5.76. The highest BCUT2D eigenvalue weighted by Crippen LogP contribution is 2.22. The molecule has 2 aromatic heterocycles. The average molecular weight is 278 g/mol. The third kappa shape index (κ3) is 2.73. The number of rotatable bonds is 3. The van der Waals surface area contributed by atoms with Gasteiger partial charge in [0.25, 0.3) is 5.56 Å². The average Bonchev–Trinajstić information content (AvgIpc) is 2.65. The van der Waals surface area contributed by atoms with E-state index in [1.165, 1.54) is 17.4 Å². The standard InChI is InChI=1S/C13H14N2O3S/c1-7-4-12(16)15(9(3)14-7)6-10-5-11(13(17)18)19-8(10)2/h4-5H,6H2,1-3H3,(H,17,18). The number of aryl methyl sites for hydroxylation is 3. The first-order valence-corrected chi connectivity index (χ1v) is 6.58. The van der Waals surface area contributed by atoms with Crippen LogP contribution in [0.15, 0.2) is 16.9 Å². The van der Waals surface area contributed by atoms with Gasteiger partial charge in [0.1, 0.15) is 10.7 Å². The van der Waals surface area contributed by atoms with Gasteiger partial charge in [0, 0.05) is 16.6 Å². The van der Waals surface area contributed by atoms with E-state index in [4.69, 9.17) is 5.11 Å². The normalized spacial score (nSPS) is 10.7. The van der Waals surface area contributed by atoms with E-state index in [-0.39, 0.29) is 5.56 Å². The molecule has 1 N–H and O–H groups in total. The summed E-state index contributed by atoms with van der Waals surface area (Å²) in [6.07, 6.45) is 0. The highest BCUT2D eigenvalue weighted by molar-refractivity contribution is 7.14. The van der Waals surface area contributed by atoms with Crippen molar-refractivity contribution in [3.63, 3.8) is 0 Å². The van der Waals surface area contributed by atoms with Crippen LogP contribution in [0.5, 0.6) is 0 Å². The molecule has 0 radical (unpaired) electrons. The summed E-state index contributed by atoms with van der Waals surface area (Å²) in [5, 5.41) is 8.96. The van der Waals surface area contributed by atoms with Gasteiger partial charge in [-0.3, -0.25) is 9.36 Å². The summed E-state index contributed by atoms with van der Waals surface area (Å²) in [5.41, 5.74) is 1.41. The van der Waals surface area contributed by atoms with Crippen molar-refractivity contribution in [3.05, 3.63) is 49.3 Å². The van der Waals surface area contributed by atoms with Crippen LogP contribution >= 0.6 is 11.3 Å². The van der Waals surface area contributed by atoms with Gasteiger partial charge in [-0.1, -0.05) is 0 Å². The fourth-order valence-corrected chi connectivity index (χ4v) is 2.78. The third-order valence-electron chi connectivity index (χ3n) is 2.89. The van der Waals surface area contributed by atoms with Crippen LogP contribution in [0.3, 0.4) is 0 Å². The molecule has 0 spiro atoms. The first-order valence-electron chi connectivity index (χ1n) is 5.76. The minimum Gasteiger partial charge on any atom is -0.477 e. The molecule has 0 aliphatic carbocycles. The summed E-state index contributed by atoms with van der Waals surface area (Å²) in [5.74, 6) is -0.307. The van der Waals surface area contributed by atoms with Crippen LogP contribution in [0.25, 0.3) is 0 Å². The Kier molecular flexibility index (Phi) is 3.53. The second-order valence-electron chi connectivity index (χ2n) is 4.37. The van der Waals surface area contributed by atoms with Crippen molar-refractivity contribution in [1.29, 1.82) is 0 Å². The highest BCUT2D eigenvalue weighted by atomic mass is 32.1. The molecular formula is C13H14N2O3S. The number of carboxylic acid groups (broad SMARTS) is 1. The van der Waals surface area contributed by atoms with Crippen molar-refractivity contribution in [2.24, 2.45) is 0 Å². The molecule has 19 heavy (non-hydrogen) atoms. The van der Waals surface area contributed by atoms with E-state index in [0.717, 1.165) is 10.4 Å². The van der Waals surface area contributed by atoms with Gasteiger partial charge in [0.05, 0.1) is 6.54 Å². The van der Waals surface area contributed by atoms with Crippen molar-refractivity contribution in [2.45, 2.75) is 27.3 Å². The number of aromatic nitrogens is 2. The van der Waals surface area contributed by atoms with Gasteiger partial charge in [0.15, 0.2) is 0 Å². The molecule has 6 heteroatoms. The minimum absolute atomic E-state index is 0.118. The second-order valence-corrected chi connectivity index (χ2v) is 5.62. The smallest absolute Gasteiger partial charge is 0.345 e. The Balaban J connectivity index is 2.42. The van der Waals surface area contributed by atoms with E-state index in [1.807, 2.05) is 6.92 Å². The van der Waals surface area contributed by atoms with Crippen molar-refractivity contribution < 1.29 is 9.90 Å². The monoisotopic (exact) mass is 278 g/mol. The zero-order valence-corrected chi connectivity index (χ0v) is 11.7. The molecule has 0 unspecified atom stereocenters. The number of hydrogen-bond donors (Lipinski definition) is 1. The molecule has 0 atom stereocenters. The molecule has 0 saturated heterocycles. The van der Waals surface area contributed by atoms with Crippen LogP contribution in [-0.2, 0) is 6.54 Å². The van der Waals surface area contributed by atoms with E-state index in [2.05, 4.69) is 4.98 Å². The van der Waals surface area contributed by atoms with E-state index in [1.54, 1.807) is 24.5 Å². The second kappa shape index (κ2) is 4.97. The van der Waals surface area contributed by atoms with E-state index < -0.39 is 5.97 Å².